The minimum atomic E-state index is -0.421. The van der Waals surface area contributed by atoms with E-state index >= 15 is 0 Å². The summed E-state index contributed by atoms with van der Waals surface area (Å²) < 4.78 is 5.33. The molecule has 3 aromatic rings. The molecule has 3 rings (SSSR count). The maximum Gasteiger partial charge on any atom is 0.260 e. The lowest BCUT2D eigenvalue weighted by Gasteiger charge is -2.06. The maximum atomic E-state index is 12.4. The van der Waals surface area contributed by atoms with Crippen molar-refractivity contribution in [3.63, 3.8) is 0 Å². The van der Waals surface area contributed by atoms with Gasteiger partial charge in [0.05, 0.1) is 22.7 Å². The van der Waals surface area contributed by atoms with Crippen LogP contribution < -0.4 is 10.1 Å². The Hall–Kier alpha value is -2.15. The van der Waals surface area contributed by atoms with Crippen molar-refractivity contribution in [2.24, 2.45) is 0 Å². The van der Waals surface area contributed by atoms with Crippen LogP contribution in [-0.4, -0.2) is 23.2 Å². The number of anilines is 1. The van der Waals surface area contributed by atoms with Gasteiger partial charge in [-0.1, -0.05) is 58.8 Å². The predicted octanol–water partition coefficient (Wildman–Crippen LogP) is 4.70. The predicted molar refractivity (Wildman–Crippen MR) is 100 cm³/mol. The average molecular weight is 394 g/mol. The number of carbonyl (C=O) groups is 1. The molecule has 1 heterocycles. The quantitative estimate of drug-likeness (QED) is 0.682. The number of carbonyl (C=O) groups excluding carboxylic acids is 1. The highest BCUT2D eigenvalue weighted by molar-refractivity contribution is 7.15. The van der Waals surface area contributed by atoms with Crippen molar-refractivity contribution in [1.29, 1.82) is 0 Å². The lowest BCUT2D eigenvalue weighted by Crippen LogP contribution is -2.12. The molecule has 0 spiro atoms. The molecular formula is C17H13Cl2N3O2S. The summed E-state index contributed by atoms with van der Waals surface area (Å²) in [6.07, 6.45) is 0.560. The van der Waals surface area contributed by atoms with E-state index in [-0.39, 0.29) is 15.6 Å². The largest absolute Gasteiger partial charge is 0.496 e. The molecule has 0 bridgehead atoms. The van der Waals surface area contributed by atoms with Gasteiger partial charge in [0, 0.05) is 12.0 Å². The van der Waals surface area contributed by atoms with Crippen LogP contribution in [0.25, 0.3) is 0 Å². The second-order valence-corrected chi connectivity index (χ2v) is 6.92. The number of methoxy groups -OCH3 is 1. The first-order valence-electron chi connectivity index (χ1n) is 7.28. The molecule has 0 saturated carbocycles. The van der Waals surface area contributed by atoms with Crippen LogP contribution in [0.5, 0.6) is 5.75 Å². The van der Waals surface area contributed by atoms with E-state index in [0.717, 1.165) is 16.3 Å². The topological polar surface area (TPSA) is 64.1 Å². The summed E-state index contributed by atoms with van der Waals surface area (Å²) in [5.74, 6) is 0.363. The molecule has 1 aromatic heterocycles. The molecule has 8 heteroatoms. The van der Waals surface area contributed by atoms with E-state index < -0.39 is 5.91 Å². The van der Waals surface area contributed by atoms with E-state index in [1.165, 1.54) is 11.3 Å². The number of aromatic nitrogens is 2. The molecule has 0 unspecified atom stereocenters. The van der Waals surface area contributed by atoms with E-state index in [4.69, 9.17) is 27.9 Å². The third-order valence-corrected chi connectivity index (χ3v) is 4.88. The summed E-state index contributed by atoms with van der Waals surface area (Å²) in [5, 5.41) is 12.5. The molecule has 128 valence electrons. The molecule has 0 aliphatic rings. The van der Waals surface area contributed by atoms with Gasteiger partial charge in [-0.2, -0.15) is 0 Å². The molecule has 1 amide bonds. The van der Waals surface area contributed by atoms with E-state index in [2.05, 4.69) is 15.5 Å². The minimum Gasteiger partial charge on any atom is -0.496 e. The number of benzene rings is 2. The zero-order chi connectivity index (χ0) is 17.8. The van der Waals surface area contributed by atoms with Crippen LogP contribution in [0.15, 0.2) is 42.5 Å². The number of rotatable bonds is 5. The molecule has 0 aliphatic carbocycles. The summed E-state index contributed by atoms with van der Waals surface area (Å²) in [6, 6.07) is 12.6. The number of hydrogen-bond acceptors (Lipinski definition) is 5. The average Bonchev–Trinajstić information content (AvgIpc) is 3.02. The number of para-hydroxylation sites is 1. The normalized spacial score (nSPS) is 10.5. The Labute approximate surface area is 158 Å². The molecule has 5 nitrogen and oxygen atoms in total. The van der Waals surface area contributed by atoms with Crippen LogP contribution in [0.2, 0.25) is 10.0 Å². The zero-order valence-electron chi connectivity index (χ0n) is 13.1. The SMILES string of the molecule is COc1ccccc1Cc1nnc(NC(=O)c2c(Cl)cccc2Cl)s1. The molecule has 1 N–H and O–H groups in total. The number of nitrogens with zero attached hydrogens (tertiary/aromatic N) is 2. The van der Waals surface area contributed by atoms with Gasteiger partial charge in [-0.25, -0.2) is 0 Å². The maximum absolute atomic E-state index is 12.4. The fraction of sp³-hybridized carbons (Fsp3) is 0.118. The van der Waals surface area contributed by atoms with Crippen molar-refractivity contribution in [2.45, 2.75) is 6.42 Å². The van der Waals surface area contributed by atoms with Gasteiger partial charge in [-0.15, -0.1) is 10.2 Å². The zero-order valence-corrected chi connectivity index (χ0v) is 15.5. The van der Waals surface area contributed by atoms with Crippen molar-refractivity contribution in [2.75, 3.05) is 12.4 Å². The van der Waals surface area contributed by atoms with Crippen molar-refractivity contribution >= 4 is 45.6 Å². The van der Waals surface area contributed by atoms with Crippen LogP contribution >= 0.6 is 34.5 Å². The number of halogens is 2. The van der Waals surface area contributed by atoms with E-state index in [0.29, 0.717) is 11.6 Å². The van der Waals surface area contributed by atoms with Gasteiger partial charge in [0.25, 0.3) is 5.91 Å². The van der Waals surface area contributed by atoms with E-state index in [1.54, 1.807) is 25.3 Å². The van der Waals surface area contributed by atoms with Crippen molar-refractivity contribution < 1.29 is 9.53 Å². The summed E-state index contributed by atoms with van der Waals surface area (Å²) >= 11 is 13.4. The van der Waals surface area contributed by atoms with Gasteiger partial charge < -0.3 is 4.74 Å². The van der Waals surface area contributed by atoms with Crippen LogP contribution in [0.3, 0.4) is 0 Å². The van der Waals surface area contributed by atoms with Gasteiger partial charge in [-0.3, -0.25) is 10.1 Å². The number of hydrogen-bond donors (Lipinski definition) is 1. The lowest BCUT2D eigenvalue weighted by atomic mass is 10.1. The second-order valence-electron chi connectivity index (χ2n) is 5.04. The highest BCUT2D eigenvalue weighted by atomic mass is 35.5. The molecule has 2 aromatic carbocycles. The molecular weight excluding hydrogens is 381 g/mol. The van der Waals surface area contributed by atoms with Gasteiger partial charge in [0.15, 0.2) is 0 Å². The Morgan fingerprint density at radius 1 is 1.12 bits per heavy atom. The Morgan fingerprint density at radius 3 is 2.56 bits per heavy atom. The van der Waals surface area contributed by atoms with Gasteiger partial charge >= 0.3 is 0 Å². The molecule has 0 saturated heterocycles. The fourth-order valence-electron chi connectivity index (χ4n) is 2.26. The third kappa shape index (κ3) is 4.10. The summed E-state index contributed by atoms with van der Waals surface area (Å²) in [6.45, 7) is 0. The van der Waals surface area contributed by atoms with Crippen molar-refractivity contribution in [3.05, 3.63) is 68.6 Å². The molecule has 0 radical (unpaired) electrons. The minimum absolute atomic E-state index is 0.215. The Bertz CT molecular complexity index is 894. The number of nitrogens with one attached hydrogen (secondary N) is 1. The fourth-order valence-corrected chi connectivity index (χ4v) is 3.59. The summed E-state index contributed by atoms with van der Waals surface area (Å²) in [5.41, 5.74) is 1.21. The monoisotopic (exact) mass is 393 g/mol. The van der Waals surface area contributed by atoms with E-state index in [1.807, 2.05) is 24.3 Å². The van der Waals surface area contributed by atoms with Gasteiger partial charge in [0.1, 0.15) is 10.8 Å². The van der Waals surface area contributed by atoms with Crippen molar-refractivity contribution in [1.82, 2.24) is 10.2 Å². The Balaban J connectivity index is 1.75. The second kappa shape index (κ2) is 7.82. The van der Waals surface area contributed by atoms with Gasteiger partial charge in [-0.05, 0) is 18.2 Å². The van der Waals surface area contributed by atoms with Crippen LogP contribution in [0.1, 0.15) is 20.9 Å². The van der Waals surface area contributed by atoms with Crippen LogP contribution in [0, 0.1) is 0 Å². The summed E-state index contributed by atoms with van der Waals surface area (Å²) in [4.78, 5) is 12.4. The highest BCUT2D eigenvalue weighted by Crippen LogP contribution is 2.27. The third-order valence-electron chi connectivity index (χ3n) is 3.41. The summed E-state index contributed by atoms with van der Waals surface area (Å²) in [7, 11) is 1.62. The lowest BCUT2D eigenvalue weighted by molar-refractivity contribution is 0.102. The Kier molecular flexibility index (Phi) is 5.53. The van der Waals surface area contributed by atoms with Gasteiger partial charge in [0.2, 0.25) is 5.13 Å². The standard InChI is InChI=1S/C17H13Cl2N3O2S/c1-24-13-8-3-2-5-10(13)9-14-21-22-17(25-14)20-16(23)15-11(18)6-4-7-12(15)19/h2-8H,9H2,1H3,(H,20,22,23). The number of amides is 1. The molecule has 0 aliphatic heterocycles. The first-order valence-corrected chi connectivity index (χ1v) is 8.85. The first kappa shape index (κ1) is 17.7. The molecule has 0 atom stereocenters. The van der Waals surface area contributed by atoms with Crippen LogP contribution in [0.4, 0.5) is 5.13 Å². The van der Waals surface area contributed by atoms with Crippen molar-refractivity contribution in [3.8, 4) is 5.75 Å². The molecule has 0 fully saturated rings. The highest BCUT2D eigenvalue weighted by Gasteiger charge is 2.17. The number of ether oxygens (including phenoxy) is 1. The van der Waals surface area contributed by atoms with E-state index in [9.17, 15) is 4.79 Å². The Morgan fingerprint density at radius 2 is 1.84 bits per heavy atom. The van der Waals surface area contributed by atoms with Crippen LogP contribution in [-0.2, 0) is 6.42 Å². The first-order chi connectivity index (χ1) is 12.1. The molecule has 25 heavy (non-hydrogen) atoms. The smallest absolute Gasteiger partial charge is 0.260 e.